The molecular formula is C11H20N2O2S2. The van der Waals surface area contributed by atoms with Crippen LogP contribution < -0.4 is 5.32 Å². The van der Waals surface area contributed by atoms with E-state index in [2.05, 4.69) is 17.2 Å². The van der Waals surface area contributed by atoms with Gasteiger partial charge in [-0.2, -0.15) is 0 Å². The summed E-state index contributed by atoms with van der Waals surface area (Å²) in [5.74, 6) is 0.254. The lowest BCUT2D eigenvalue weighted by Crippen LogP contribution is -2.11. The van der Waals surface area contributed by atoms with Gasteiger partial charge in [-0.15, -0.1) is 11.3 Å². The molecule has 1 heterocycles. The molecule has 6 heteroatoms. The largest absolute Gasteiger partial charge is 0.312 e. The van der Waals surface area contributed by atoms with Crippen molar-refractivity contribution in [3.05, 3.63) is 15.6 Å². The molecule has 0 fully saturated rings. The second kappa shape index (κ2) is 6.47. The number of nitrogens with one attached hydrogen (secondary N) is 1. The summed E-state index contributed by atoms with van der Waals surface area (Å²) >= 11 is 1.51. The molecular weight excluding hydrogens is 256 g/mol. The highest BCUT2D eigenvalue weighted by Crippen LogP contribution is 2.21. The average Bonchev–Trinajstić information content (AvgIpc) is 2.67. The second-order valence-corrected chi connectivity index (χ2v) is 7.31. The quantitative estimate of drug-likeness (QED) is 0.824. The molecule has 0 saturated carbocycles. The summed E-state index contributed by atoms with van der Waals surface area (Å²) in [6.07, 6.45) is 0.851. The zero-order valence-corrected chi connectivity index (χ0v) is 12.2. The average molecular weight is 276 g/mol. The van der Waals surface area contributed by atoms with Crippen LogP contribution in [0, 0.1) is 0 Å². The summed E-state index contributed by atoms with van der Waals surface area (Å²) in [6.45, 7) is 7.45. The highest BCUT2D eigenvalue weighted by molar-refractivity contribution is 7.90. The molecule has 1 rings (SSSR count). The van der Waals surface area contributed by atoms with Crippen LogP contribution in [0.2, 0.25) is 0 Å². The maximum Gasteiger partial charge on any atom is 0.156 e. The van der Waals surface area contributed by atoms with E-state index in [9.17, 15) is 8.42 Å². The Morgan fingerprint density at radius 3 is 2.53 bits per heavy atom. The van der Waals surface area contributed by atoms with E-state index in [1.54, 1.807) is 6.92 Å². The molecule has 0 unspecified atom stereocenters. The first kappa shape index (κ1) is 14.6. The van der Waals surface area contributed by atoms with E-state index in [1.807, 2.05) is 6.92 Å². The molecule has 0 aliphatic heterocycles. The summed E-state index contributed by atoms with van der Waals surface area (Å²) in [5.41, 5.74) is 1.03. The molecule has 0 spiro atoms. The van der Waals surface area contributed by atoms with Crippen LogP contribution in [0.15, 0.2) is 0 Å². The predicted octanol–water partition coefficient (Wildman–Crippen LogP) is 1.75. The number of rotatable bonds is 7. The van der Waals surface area contributed by atoms with Crippen molar-refractivity contribution >= 4 is 21.2 Å². The topological polar surface area (TPSA) is 59.1 Å². The first-order valence-electron chi connectivity index (χ1n) is 5.91. The molecule has 0 aromatic carbocycles. The van der Waals surface area contributed by atoms with E-state index in [1.165, 1.54) is 11.3 Å². The number of sulfone groups is 1. The molecule has 0 aliphatic carbocycles. The van der Waals surface area contributed by atoms with Gasteiger partial charge in [-0.3, -0.25) is 0 Å². The van der Waals surface area contributed by atoms with Gasteiger partial charge in [-0.1, -0.05) is 20.8 Å². The molecule has 0 radical (unpaired) electrons. The highest BCUT2D eigenvalue weighted by Gasteiger charge is 2.15. The molecule has 1 aromatic rings. The molecule has 1 N–H and O–H groups in total. The number of thiazole rings is 1. The van der Waals surface area contributed by atoms with E-state index in [0.29, 0.717) is 0 Å². The van der Waals surface area contributed by atoms with Gasteiger partial charge in [0.2, 0.25) is 0 Å². The Labute approximate surface area is 107 Å². The molecule has 0 bridgehead atoms. The van der Waals surface area contributed by atoms with E-state index in [-0.39, 0.29) is 11.5 Å². The fraction of sp³-hybridized carbons (Fsp3) is 0.727. The van der Waals surface area contributed by atoms with Gasteiger partial charge in [0.1, 0.15) is 10.8 Å². The van der Waals surface area contributed by atoms with E-state index >= 15 is 0 Å². The third kappa shape index (κ3) is 4.37. The van der Waals surface area contributed by atoms with E-state index < -0.39 is 9.84 Å². The van der Waals surface area contributed by atoms with Crippen LogP contribution in [0.3, 0.4) is 0 Å². The van der Waals surface area contributed by atoms with Crippen molar-refractivity contribution in [1.29, 1.82) is 0 Å². The maximum absolute atomic E-state index is 11.5. The summed E-state index contributed by atoms with van der Waals surface area (Å²) in [6, 6.07) is 0. The Balaban J connectivity index is 2.85. The van der Waals surface area contributed by atoms with Gasteiger partial charge in [0.05, 0.1) is 5.69 Å². The maximum atomic E-state index is 11.5. The number of aromatic nitrogens is 1. The highest BCUT2D eigenvalue weighted by atomic mass is 32.2. The zero-order chi connectivity index (χ0) is 12.9. The van der Waals surface area contributed by atoms with Gasteiger partial charge in [-0.05, 0) is 13.0 Å². The van der Waals surface area contributed by atoms with Crippen LogP contribution >= 0.6 is 11.3 Å². The van der Waals surface area contributed by atoms with Crippen molar-refractivity contribution in [1.82, 2.24) is 10.3 Å². The Morgan fingerprint density at radius 2 is 2.00 bits per heavy atom. The van der Waals surface area contributed by atoms with E-state index in [4.69, 9.17) is 0 Å². The monoisotopic (exact) mass is 276 g/mol. The number of hydrogen-bond donors (Lipinski definition) is 1. The standard InChI is InChI=1S/C11H20N2O2S2/c1-4-9-10(7-12-5-2)16-11(13-9)8-17(14,15)6-3/h12H,4-8H2,1-3H3. The van der Waals surface area contributed by atoms with Crippen molar-refractivity contribution < 1.29 is 8.42 Å². The van der Waals surface area contributed by atoms with Gasteiger partial charge in [-0.25, -0.2) is 13.4 Å². The fourth-order valence-electron chi connectivity index (χ4n) is 1.44. The zero-order valence-electron chi connectivity index (χ0n) is 10.6. The third-order valence-corrected chi connectivity index (χ3v) is 5.35. The fourth-order valence-corrected chi connectivity index (χ4v) is 3.78. The second-order valence-electron chi connectivity index (χ2n) is 3.79. The van der Waals surface area contributed by atoms with Gasteiger partial charge >= 0.3 is 0 Å². The minimum Gasteiger partial charge on any atom is -0.312 e. The van der Waals surface area contributed by atoms with Gasteiger partial charge in [0.15, 0.2) is 9.84 Å². The van der Waals surface area contributed by atoms with Crippen LogP contribution in [0.1, 0.15) is 36.3 Å². The molecule has 0 aliphatic rings. The van der Waals surface area contributed by atoms with Crippen LogP contribution in [0.25, 0.3) is 0 Å². The minimum atomic E-state index is -2.98. The van der Waals surface area contributed by atoms with Crippen molar-refractivity contribution in [2.45, 2.75) is 39.5 Å². The lowest BCUT2D eigenvalue weighted by molar-refractivity contribution is 0.596. The van der Waals surface area contributed by atoms with Crippen molar-refractivity contribution in [3.8, 4) is 0 Å². The summed E-state index contributed by atoms with van der Waals surface area (Å²) < 4.78 is 23.1. The van der Waals surface area contributed by atoms with Crippen molar-refractivity contribution in [2.75, 3.05) is 12.3 Å². The Kier molecular flexibility index (Phi) is 5.55. The van der Waals surface area contributed by atoms with Gasteiger partial charge < -0.3 is 5.32 Å². The summed E-state index contributed by atoms with van der Waals surface area (Å²) in [7, 11) is -2.98. The van der Waals surface area contributed by atoms with E-state index in [0.717, 1.165) is 35.1 Å². The Hall–Kier alpha value is -0.460. The van der Waals surface area contributed by atoms with Crippen LogP contribution in [-0.4, -0.2) is 25.7 Å². The van der Waals surface area contributed by atoms with Crippen LogP contribution in [0.5, 0.6) is 0 Å². The van der Waals surface area contributed by atoms with Crippen molar-refractivity contribution in [2.24, 2.45) is 0 Å². The Bertz CT molecular complexity index is 452. The SMILES string of the molecule is CCNCc1sc(CS(=O)(=O)CC)nc1CC. The van der Waals surface area contributed by atoms with Crippen molar-refractivity contribution in [3.63, 3.8) is 0 Å². The molecule has 4 nitrogen and oxygen atoms in total. The molecule has 0 amide bonds. The van der Waals surface area contributed by atoms with Crippen LogP contribution in [0.4, 0.5) is 0 Å². The third-order valence-electron chi connectivity index (χ3n) is 2.48. The normalized spacial score (nSPS) is 11.9. The molecule has 0 atom stereocenters. The molecule has 17 heavy (non-hydrogen) atoms. The number of nitrogens with zero attached hydrogens (tertiary/aromatic N) is 1. The lowest BCUT2D eigenvalue weighted by atomic mass is 10.3. The van der Waals surface area contributed by atoms with Gasteiger partial charge in [0.25, 0.3) is 0 Å². The smallest absolute Gasteiger partial charge is 0.156 e. The first-order chi connectivity index (χ1) is 8.02. The molecule has 98 valence electrons. The first-order valence-corrected chi connectivity index (χ1v) is 8.54. The molecule has 0 saturated heterocycles. The number of hydrogen-bond acceptors (Lipinski definition) is 5. The summed E-state index contributed by atoms with van der Waals surface area (Å²) in [5, 5.41) is 3.97. The Morgan fingerprint density at radius 1 is 1.29 bits per heavy atom. The predicted molar refractivity (Wildman–Crippen MR) is 72.0 cm³/mol. The molecule has 1 aromatic heterocycles. The minimum absolute atomic E-state index is 0.0767. The summed E-state index contributed by atoms with van der Waals surface area (Å²) in [4.78, 5) is 5.58. The lowest BCUT2D eigenvalue weighted by Gasteiger charge is -1.99. The number of aryl methyl sites for hydroxylation is 1. The van der Waals surface area contributed by atoms with Crippen LogP contribution in [-0.2, 0) is 28.6 Å². The van der Waals surface area contributed by atoms with Gasteiger partial charge in [0, 0.05) is 17.2 Å².